The molecule has 0 bridgehead atoms. The van der Waals surface area contributed by atoms with Gasteiger partial charge in [-0.1, -0.05) is 93.3 Å². The molecule has 3 aromatic rings. The molecule has 0 radical (unpaired) electrons. The molecular formula is C32H40O3S. The Morgan fingerprint density at radius 1 is 0.833 bits per heavy atom. The number of benzene rings is 3. The second-order valence-corrected chi connectivity index (χ2v) is 10.5. The van der Waals surface area contributed by atoms with Crippen LogP contribution in [0.25, 0.3) is 0 Å². The molecule has 0 heterocycles. The molecule has 0 amide bonds. The maximum absolute atomic E-state index is 11.3. The molecule has 1 atom stereocenters. The molecule has 0 aliphatic rings. The van der Waals surface area contributed by atoms with E-state index in [9.17, 15) is 9.90 Å². The number of hydrogen-bond acceptors (Lipinski definition) is 3. The number of thioether (sulfide) groups is 1. The van der Waals surface area contributed by atoms with Crippen LogP contribution in [0.15, 0.2) is 72.8 Å². The average molecular weight is 505 g/mol. The summed E-state index contributed by atoms with van der Waals surface area (Å²) < 4.78 is 5.48. The van der Waals surface area contributed by atoms with Crippen LogP contribution in [-0.4, -0.2) is 18.2 Å². The van der Waals surface area contributed by atoms with Crippen LogP contribution < -0.4 is 4.74 Å². The number of rotatable bonds is 16. The summed E-state index contributed by atoms with van der Waals surface area (Å²) >= 11 is 1.91. The van der Waals surface area contributed by atoms with Crippen LogP contribution in [0.2, 0.25) is 0 Å². The summed E-state index contributed by atoms with van der Waals surface area (Å²) in [6.45, 7) is 2.24. The largest absolute Gasteiger partial charge is 0.496 e. The van der Waals surface area contributed by atoms with Crippen molar-refractivity contribution in [3.63, 3.8) is 0 Å². The standard InChI is InChI=1S/C32H40O3S/c1-3-31(36-24-28-22-21-27(32(33)34)23-30(28)35-2)29-20-14-13-19-26(29)18-12-7-5-4-6-9-15-25-16-10-8-11-17-25/h8,10-11,13-14,16-17,19-23,31H,3-7,9,12,15,18,24H2,1-2H3,(H,33,34). The van der Waals surface area contributed by atoms with Gasteiger partial charge in [-0.3, -0.25) is 0 Å². The summed E-state index contributed by atoms with van der Waals surface area (Å²) in [4.78, 5) is 11.3. The highest BCUT2D eigenvalue weighted by molar-refractivity contribution is 7.98. The fourth-order valence-electron chi connectivity index (χ4n) is 4.69. The van der Waals surface area contributed by atoms with E-state index in [1.807, 2.05) is 17.8 Å². The van der Waals surface area contributed by atoms with Gasteiger partial charge >= 0.3 is 5.97 Å². The van der Waals surface area contributed by atoms with E-state index in [4.69, 9.17) is 4.74 Å². The molecule has 1 unspecified atom stereocenters. The zero-order chi connectivity index (χ0) is 25.6. The van der Waals surface area contributed by atoms with Crippen molar-refractivity contribution in [3.05, 3.63) is 101 Å². The summed E-state index contributed by atoms with van der Waals surface area (Å²) in [6.07, 6.45) is 11.1. The van der Waals surface area contributed by atoms with Crippen molar-refractivity contribution in [2.75, 3.05) is 7.11 Å². The zero-order valence-electron chi connectivity index (χ0n) is 21.7. The van der Waals surface area contributed by atoms with Crippen molar-refractivity contribution < 1.29 is 14.6 Å². The Bertz CT molecular complexity index is 1060. The molecule has 0 aromatic heterocycles. The number of carboxylic acid groups (broad SMARTS) is 1. The van der Waals surface area contributed by atoms with E-state index < -0.39 is 5.97 Å². The van der Waals surface area contributed by atoms with Gasteiger partial charge in [0.15, 0.2) is 0 Å². The van der Waals surface area contributed by atoms with Gasteiger partial charge in [-0.2, -0.15) is 0 Å². The van der Waals surface area contributed by atoms with Crippen LogP contribution in [-0.2, 0) is 18.6 Å². The van der Waals surface area contributed by atoms with Crippen molar-refractivity contribution >= 4 is 17.7 Å². The number of ether oxygens (including phenoxy) is 1. The lowest BCUT2D eigenvalue weighted by Gasteiger charge is -2.20. The number of carbonyl (C=O) groups is 1. The summed E-state index contributed by atoms with van der Waals surface area (Å²) in [5, 5.41) is 9.66. The van der Waals surface area contributed by atoms with Crippen LogP contribution in [0.3, 0.4) is 0 Å². The van der Waals surface area contributed by atoms with E-state index in [0.29, 0.717) is 11.0 Å². The quantitative estimate of drug-likeness (QED) is 0.198. The summed E-state index contributed by atoms with van der Waals surface area (Å²) in [6, 6.07) is 24.8. The smallest absolute Gasteiger partial charge is 0.335 e. The van der Waals surface area contributed by atoms with Gasteiger partial charge in [-0.05, 0) is 60.9 Å². The highest BCUT2D eigenvalue weighted by atomic mass is 32.2. The van der Waals surface area contributed by atoms with Gasteiger partial charge in [0.05, 0.1) is 12.7 Å². The number of aryl methyl sites for hydroxylation is 2. The predicted molar refractivity (Wildman–Crippen MR) is 152 cm³/mol. The topological polar surface area (TPSA) is 46.5 Å². The van der Waals surface area contributed by atoms with Crippen molar-refractivity contribution in [2.45, 2.75) is 75.7 Å². The minimum atomic E-state index is -0.931. The Morgan fingerprint density at radius 3 is 2.19 bits per heavy atom. The van der Waals surface area contributed by atoms with E-state index in [2.05, 4.69) is 61.5 Å². The zero-order valence-corrected chi connectivity index (χ0v) is 22.6. The summed E-state index contributed by atoms with van der Waals surface area (Å²) in [7, 11) is 1.60. The van der Waals surface area contributed by atoms with E-state index in [1.165, 1.54) is 61.6 Å². The van der Waals surface area contributed by atoms with Crippen LogP contribution in [0.4, 0.5) is 0 Å². The first-order valence-corrected chi connectivity index (χ1v) is 14.3. The van der Waals surface area contributed by atoms with Crippen molar-refractivity contribution in [1.29, 1.82) is 0 Å². The molecule has 192 valence electrons. The lowest BCUT2D eigenvalue weighted by molar-refractivity contribution is 0.0696. The van der Waals surface area contributed by atoms with Crippen LogP contribution in [0, 0.1) is 0 Å². The molecule has 36 heavy (non-hydrogen) atoms. The normalized spacial score (nSPS) is 11.8. The molecule has 1 N–H and O–H groups in total. The molecule has 0 fully saturated rings. The molecule has 3 nitrogen and oxygen atoms in total. The van der Waals surface area contributed by atoms with Crippen molar-refractivity contribution in [2.24, 2.45) is 0 Å². The van der Waals surface area contributed by atoms with Gasteiger partial charge in [0.1, 0.15) is 5.75 Å². The van der Waals surface area contributed by atoms with Crippen LogP contribution >= 0.6 is 11.8 Å². The van der Waals surface area contributed by atoms with Gasteiger partial charge in [-0.15, -0.1) is 11.8 Å². The minimum absolute atomic E-state index is 0.259. The Balaban J connectivity index is 1.45. The monoisotopic (exact) mass is 504 g/mol. The Labute approximate surface area is 221 Å². The lowest BCUT2D eigenvalue weighted by Crippen LogP contribution is -2.02. The summed E-state index contributed by atoms with van der Waals surface area (Å²) in [5.74, 6) is 0.508. The molecular weight excluding hydrogens is 464 g/mol. The maximum Gasteiger partial charge on any atom is 0.335 e. The average Bonchev–Trinajstić information content (AvgIpc) is 2.91. The van der Waals surface area contributed by atoms with Crippen LogP contribution in [0.5, 0.6) is 5.75 Å². The highest BCUT2D eigenvalue weighted by Crippen LogP contribution is 2.38. The van der Waals surface area contributed by atoms with Gasteiger partial charge in [0, 0.05) is 16.6 Å². The molecule has 0 saturated heterocycles. The minimum Gasteiger partial charge on any atom is -0.496 e. The molecule has 3 aromatic carbocycles. The molecule has 3 rings (SSSR count). The SMILES string of the molecule is CCC(SCc1ccc(C(=O)O)cc1OC)c1ccccc1CCCCCCCCc1ccccc1. The number of methoxy groups -OCH3 is 1. The molecule has 0 aliphatic heterocycles. The fourth-order valence-corrected chi connectivity index (χ4v) is 5.95. The first-order chi connectivity index (χ1) is 17.6. The second-order valence-electron chi connectivity index (χ2n) is 9.35. The first kappa shape index (κ1) is 27.9. The third-order valence-electron chi connectivity index (χ3n) is 6.75. The Morgan fingerprint density at radius 2 is 1.50 bits per heavy atom. The van der Waals surface area contributed by atoms with Crippen LogP contribution in [0.1, 0.15) is 89.7 Å². The Hall–Kier alpha value is -2.72. The fraction of sp³-hybridized carbons (Fsp3) is 0.406. The molecule has 0 saturated carbocycles. The second kappa shape index (κ2) is 15.4. The van der Waals surface area contributed by atoms with Gasteiger partial charge < -0.3 is 9.84 Å². The molecule has 0 aliphatic carbocycles. The molecule has 4 heteroatoms. The maximum atomic E-state index is 11.3. The predicted octanol–water partition coefficient (Wildman–Crippen LogP) is 8.90. The first-order valence-electron chi connectivity index (χ1n) is 13.3. The van der Waals surface area contributed by atoms with E-state index in [0.717, 1.165) is 24.2 Å². The van der Waals surface area contributed by atoms with Crippen molar-refractivity contribution in [1.82, 2.24) is 0 Å². The van der Waals surface area contributed by atoms with Gasteiger partial charge in [0.2, 0.25) is 0 Å². The number of hydrogen-bond donors (Lipinski definition) is 1. The van der Waals surface area contributed by atoms with Gasteiger partial charge in [0.25, 0.3) is 0 Å². The molecule has 0 spiro atoms. The third-order valence-corrected chi connectivity index (χ3v) is 8.22. The van der Waals surface area contributed by atoms with Crippen molar-refractivity contribution in [3.8, 4) is 5.75 Å². The number of aromatic carboxylic acids is 1. The highest BCUT2D eigenvalue weighted by Gasteiger charge is 2.16. The van der Waals surface area contributed by atoms with E-state index in [-0.39, 0.29) is 5.56 Å². The van der Waals surface area contributed by atoms with Gasteiger partial charge in [-0.25, -0.2) is 4.79 Å². The Kier molecular flexibility index (Phi) is 11.9. The lowest BCUT2D eigenvalue weighted by atomic mass is 9.97. The number of unbranched alkanes of at least 4 members (excludes halogenated alkanes) is 5. The van der Waals surface area contributed by atoms with E-state index in [1.54, 1.807) is 19.2 Å². The third kappa shape index (κ3) is 8.74. The summed E-state index contributed by atoms with van der Waals surface area (Å²) in [5.41, 5.74) is 5.65. The number of carboxylic acids is 1. The van der Waals surface area contributed by atoms with E-state index >= 15 is 0 Å².